The maximum absolute atomic E-state index is 13.3. The Morgan fingerprint density at radius 3 is 2.52 bits per heavy atom. The third kappa shape index (κ3) is 3.57. The number of nitrogens with one attached hydrogen (secondary N) is 1. The van der Waals surface area contributed by atoms with E-state index in [2.05, 4.69) is 23.0 Å². The number of nitrogens with zero attached hydrogens (tertiary/aromatic N) is 3. The second kappa shape index (κ2) is 7.75. The van der Waals surface area contributed by atoms with Crippen molar-refractivity contribution in [3.63, 3.8) is 0 Å². The largest absolute Gasteiger partial charge is 0.382 e. The van der Waals surface area contributed by atoms with Gasteiger partial charge in [-0.2, -0.15) is 5.26 Å². The van der Waals surface area contributed by atoms with Gasteiger partial charge in [0.25, 0.3) is 5.91 Å². The quantitative estimate of drug-likeness (QED) is 0.642. The number of carbonyl (C=O) groups excluding carboxylic acids is 1. The summed E-state index contributed by atoms with van der Waals surface area (Å²) in [5, 5.41) is 8.98. The van der Waals surface area contributed by atoms with E-state index in [0.717, 1.165) is 33.8 Å². The Morgan fingerprint density at radius 2 is 1.91 bits per heavy atom. The average molecular weight is 442 g/mol. The standard InChI is InChI=1S/C26H27N5O2/c1-15-8-16(2)21(9-20(15)22-23(28)30-25(29-22)26(3)13-33-14-26)24(32)31-11-19(12-31)18-6-4-17(10-27)5-7-18/h4-9,19H,11-14,28H2,1-3H3,(H,29,30). The van der Waals surface area contributed by atoms with Crippen molar-refractivity contribution in [2.75, 3.05) is 32.0 Å². The zero-order valence-electron chi connectivity index (χ0n) is 19.1. The van der Waals surface area contributed by atoms with Gasteiger partial charge >= 0.3 is 0 Å². The molecule has 0 spiro atoms. The number of nitrogens with two attached hydrogens (primary N) is 1. The molecule has 33 heavy (non-hydrogen) atoms. The third-order valence-corrected chi connectivity index (χ3v) is 6.90. The second-order valence-electron chi connectivity index (χ2n) is 9.52. The van der Waals surface area contributed by atoms with E-state index in [1.54, 1.807) is 0 Å². The van der Waals surface area contributed by atoms with Crippen LogP contribution in [0.5, 0.6) is 0 Å². The number of benzene rings is 2. The molecule has 168 valence electrons. The highest BCUT2D eigenvalue weighted by Gasteiger charge is 2.39. The number of aromatic nitrogens is 2. The summed E-state index contributed by atoms with van der Waals surface area (Å²) in [5.74, 6) is 1.58. The molecule has 5 rings (SSSR count). The number of hydrogen-bond donors (Lipinski definition) is 2. The van der Waals surface area contributed by atoms with Gasteiger partial charge in [0.05, 0.1) is 36.0 Å². The zero-order chi connectivity index (χ0) is 23.3. The Balaban J connectivity index is 1.38. The fourth-order valence-electron chi connectivity index (χ4n) is 4.63. The van der Waals surface area contributed by atoms with Crippen LogP contribution in [0.25, 0.3) is 11.3 Å². The fourth-order valence-corrected chi connectivity index (χ4v) is 4.63. The third-order valence-electron chi connectivity index (χ3n) is 6.90. The molecule has 0 aliphatic carbocycles. The molecule has 2 saturated heterocycles. The van der Waals surface area contributed by atoms with Crippen molar-refractivity contribution >= 4 is 11.7 Å². The van der Waals surface area contributed by atoms with Crippen LogP contribution in [-0.2, 0) is 10.2 Å². The van der Waals surface area contributed by atoms with E-state index in [0.29, 0.717) is 49.2 Å². The number of amides is 1. The Bertz CT molecular complexity index is 1280. The van der Waals surface area contributed by atoms with Gasteiger partial charge in [-0.15, -0.1) is 0 Å². The van der Waals surface area contributed by atoms with Crippen molar-refractivity contribution in [1.82, 2.24) is 14.9 Å². The molecule has 0 bridgehead atoms. The molecule has 3 heterocycles. The number of rotatable bonds is 4. The zero-order valence-corrected chi connectivity index (χ0v) is 19.1. The molecule has 2 aliphatic rings. The van der Waals surface area contributed by atoms with Crippen LogP contribution in [0.4, 0.5) is 5.82 Å². The van der Waals surface area contributed by atoms with Gasteiger partial charge in [0, 0.05) is 30.1 Å². The molecule has 3 aromatic rings. The molecular weight excluding hydrogens is 414 g/mol. The molecule has 2 aliphatic heterocycles. The van der Waals surface area contributed by atoms with Gasteiger partial charge in [0.1, 0.15) is 11.6 Å². The van der Waals surface area contributed by atoms with Crippen molar-refractivity contribution in [1.29, 1.82) is 5.26 Å². The highest BCUT2D eigenvalue weighted by molar-refractivity contribution is 5.98. The molecule has 0 unspecified atom stereocenters. The first-order valence-corrected chi connectivity index (χ1v) is 11.1. The Morgan fingerprint density at radius 1 is 1.21 bits per heavy atom. The molecule has 0 saturated carbocycles. The van der Waals surface area contributed by atoms with E-state index in [1.807, 2.05) is 55.1 Å². The number of hydrogen-bond acceptors (Lipinski definition) is 5. The van der Waals surface area contributed by atoms with Crippen LogP contribution in [0.15, 0.2) is 36.4 Å². The number of H-pyrrole nitrogens is 1. The van der Waals surface area contributed by atoms with Gasteiger partial charge in [-0.05, 0) is 55.7 Å². The topological polar surface area (TPSA) is 108 Å². The van der Waals surface area contributed by atoms with Crippen LogP contribution < -0.4 is 5.73 Å². The predicted molar refractivity (Wildman–Crippen MR) is 126 cm³/mol. The van der Waals surface area contributed by atoms with Gasteiger partial charge in [0.2, 0.25) is 0 Å². The summed E-state index contributed by atoms with van der Waals surface area (Å²) in [5.41, 5.74) is 12.3. The average Bonchev–Trinajstić information content (AvgIpc) is 3.13. The number of ether oxygens (including phenoxy) is 1. The first-order valence-electron chi connectivity index (χ1n) is 11.1. The highest BCUT2D eigenvalue weighted by Crippen LogP contribution is 2.36. The maximum Gasteiger partial charge on any atom is 0.254 e. The minimum atomic E-state index is -0.151. The SMILES string of the molecule is Cc1cc(C)c(-c2[nH]c(C3(C)COC3)nc2N)cc1C(=O)N1CC(c2ccc(C#N)cc2)C1. The molecule has 2 fully saturated rings. The summed E-state index contributed by atoms with van der Waals surface area (Å²) in [6, 6.07) is 13.7. The van der Waals surface area contributed by atoms with Gasteiger partial charge in [-0.1, -0.05) is 18.2 Å². The Kier molecular flexibility index (Phi) is 4.98. The number of aromatic amines is 1. The van der Waals surface area contributed by atoms with E-state index in [4.69, 9.17) is 15.7 Å². The fraction of sp³-hybridized carbons (Fsp3) is 0.346. The Labute approximate surface area is 193 Å². The van der Waals surface area contributed by atoms with Crippen molar-refractivity contribution in [3.8, 4) is 17.3 Å². The van der Waals surface area contributed by atoms with E-state index in [-0.39, 0.29) is 11.3 Å². The summed E-state index contributed by atoms with van der Waals surface area (Å²) < 4.78 is 5.37. The minimum absolute atomic E-state index is 0.0244. The lowest BCUT2D eigenvalue weighted by Crippen LogP contribution is -2.48. The van der Waals surface area contributed by atoms with Gasteiger partial charge in [0.15, 0.2) is 0 Å². The summed E-state index contributed by atoms with van der Waals surface area (Å²) in [7, 11) is 0. The van der Waals surface area contributed by atoms with Gasteiger partial charge in [-0.3, -0.25) is 4.79 Å². The van der Waals surface area contributed by atoms with Crippen LogP contribution in [0.2, 0.25) is 0 Å². The first kappa shape index (κ1) is 21.2. The highest BCUT2D eigenvalue weighted by atomic mass is 16.5. The van der Waals surface area contributed by atoms with Gasteiger partial charge in [-0.25, -0.2) is 4.98 Å². The van der Waals surface area contributed by atoms with Crippen molar-refractivity contribution in [2.45, 2.75) is 32.1 Å². The summed E-state index contributed by atoms with van der Waals surface area (Å²) >= 11 is 0. The molecule has 0 radical (unpaired) electrons. The predicted octanol–water partition coefficient (Wildman–Crippen LogP) is 3.67. The number of anilines is 1. The van der Waals surface area contributed by atoms with Crippen LogP contribution in [0.3, 0.4) is 0 Å². The van der Waals surface area contributed by atoms with Crippen LogP contribution in [-0.4, -0.2) is 47.1 Å². The molecular formula is C26H27N5O2. The van der Waals surface area contributed by atoms with Gasteiger partial charge < -0.3 is 20.4 Å². The summed E-state index contributed by atoms with van der Waals surface area (Å²) in [4.78, 5) is 23.2. The van der Waals surface area contributed by atoms with Crippen LogP contribution in [0.1, 0.15) is 51.3 Å². The smallest absolute Gasteiger partial charge is 0.254 e. The van der Waals surface area contributed by atoms with E-state index in [9.17, 15) is 4.79 Å². The van der Waals surface area contributed by atoms with E-state index in [1.165, 1.54) is 0 Å². The van der Waals surface area contributed by atoms with E-state index >= 15 is 0 Å². The van der Waals surface area contributed by atoms with E-state index < -0.39 is 0 Å². The normalized spacial score (nSPS) is 17.2. The number of imidazole rings is 1. The van der Waals surface area contributed by atoms with Crippen molar-refractivity contribution in [2.24, 2.45) is 0 Å². The maximum atomic E-state index is 13.3. The van der Waals surface area contributed by atoms with Crippen molar-refractivity contribution in [3.05, 3.63) is 70.0 Å². The minimum Gasteiger partial charge on any atom is -0.382 e. The summed E-state index contributed by atoms with van der Waals surface area (Å²) in [6.45, 7) is 8.66. The first-order chi connectivity index (χ1) is 15.8. The Hall–Kier alpha value is -3.63. The van der Waals surface area contributed by atoms with Crippen LogP contribution >= 0.6 is 0 Å². The summed E-state index contributed by atoms with van der Waals surface area (Å²) in [6.07, 6.45) is 0. The lowest BCUT2D eigenvalue weighted by molar-refractivity contribution is -0.0539. The molecule has 2 aromatic carbocycles. The molecule has 7 heteroatoms. The number of nitriles is 1. The van der Waals surface area contributed by atoms with Crippen LogP contribution in [0, 0.1) is 25.2 Å². The lowest BCUT2D eigenvalue weighted by Gasteiger charge is -2.40. The molecule has 1 aromatic heterocycles. The lowest BCUT2D eigenvalue weighted by atomic mass is 9.88. The number of aryl methyl sites for hydroxylation is 2. The molecule has 1 amide bonds. The number of carbonyl (C=O) groups is 1. The number of likely N-dealkylation sites (tertiary alicyclic amines) is 1. The molecule has 0 atom stereocenters. The monoisotopic (exact) mass is 441 g/mol. The molecule has 7 nitrogen and oxygen atoms in total. The molecule has 3 N–H and O–H groups in total. The van der Waals surface area contributed by atoms with Crippen molar-refractivity contribution < 1.29 is 9.53 Å². The second-order valence-corrected chi connectivity index (χ2v) is 9.52. The number of nitrogen functional groups attached to an aromatic ring is 1.